The highest BCUT2D eigenvalue weighted by atomic mass is 19.1. The summed E-state index contributed by atoms with van der Waals surface area (Å²) in [6.45, 7) is 1.64. The maximum absolute atomic E-state index is 13.8. The van der Waals surface area contributed by atoms with Crippen LogP contribution >= 0.6 is 0 Å². The van der Waals surface area contributed by atoms with E-state index < -0.39 is 0 Å². The van der Waals surface area contributed by atoms with Gasteiger partial charge in [-0.2, -0.15) is 5.10 Å². The first kappa shape index (κ1) is 19.7. The molecule has 160 valence electrons. The molecule has 1 saturated heterocycles. The first-order valence-electron chi connectivity index (χ1n) is 11.0. The maximum Gasteiger partial charge on any atom is 0.253 e. The van der Waals surface area contributed by atoms with E-state index in [0.29, 0.717) is 11.2 Å². The molecule has 1 fully saturated rings. The number of nitrogens with zero attached hydrogens (tertiary/aromatic N) is 5. The van der Waals surface area contributed by atoms with Crippen molar-refractivity contribution in [3.63, 3.8) is 0 Å². The summed E-state index contributed by atoms with van der Waals surface area (Å²) in [5.41, 5.74) is 3.66. The Labute approximate surface area is 180 Å². The van der Waals surface area contributed by atoms with Crippen molar-refractivity contribution in [1.82, 2.24) is 24.1 Å². The summed E-state index contributed by atoms with van der Waals surface area (Å²) in [5.74, 6) is -0.243. The van der Waals surface area contributed by atoms with Crippen molar-refractivity contribution in [2.45, 2.75) is 38.5 Å². The summed E-state index contributed by atoms with van der Waals surface area (Å²) in [4.78, 5) is 19.6. The Balaban J connectivity index is 1.52. The molecule has 1 aromatic carbocycles. The summed E-state index contributed by atoms with van der Waals surface area (Å²) in [5, 5.41) is 5.58. The van der Waals surface area contributed by atoms with E-state index in [0.717, 1.165) is 48.2 Å². The van der Waals surface area contributed by atoms with Crippen LogP contribution in [0.2, 0.25) is 0 Å². The Morgan fingerprint density at radius 2 is 1.74 bits per heavy atom. The van der Waals surface area contributed by atoms with Crippen molar-refractivity contribution in [3.8, 4) is 11.4 Å². The minimum Gasteiger partial charge on any atom is -0.339 e. The number of benzene rings is 1. The third-order valence-electron chi connectivity index (χ3n) is 6.20. The van der Waals surface area contributed by atoms with Gasteiger partial charge in [-0.1, -0.05) is 25.7 Å². The lowest BCUT2D eigenvalue weighted by atomic mass is 10.1. The van der Waals surface area contributed by atoms with Gasteiger partial charge in [-0.15, -0.1) is 0 Å². The molecule has 0 spiro atoms. The van der Waals surface area contributed by atoms with E-state index in [1.54, 1.807) is 21.3 Å². The Kier molecular flexibility index (Phi) is 5.18. The third kappa shape index (κ3) is 3.69. The molecule has 0 aliphatic carbocycles. The second-order valence-corrected chi connectivity index (χ2v) is 8.34. The van der Waals surface area contributed by atoms with Crippen molar-refractivity contribution in [1.29, 1.82) is 0 Å². The lowest BCUT2D eigenvalue weighted by molar-refractivity contribution is 0.0752. The number of imidazole rings is 1. The molecule has 0 bridgehead atoms. The van der Waals surface area contributed by atoms with Crippen LogP contribution in [0.25, 0.3) is 27.9 Å². The van der Waals surface area contributed by atoms with Crippen LogP contribution < -0.4 is 0 Å². The van der Waals surface area contributed by atoms with Crippen LogP contribution in [0.1, 0.15) is 48.9 Å². The molecule has 1 aliphatic rings. The maximum atomic E-state index is 13.8. The number of pyridine rings is 1. The Morgan fingerprint density at radius 3 is 2.52 bits per heavy atom. The second kappa shape index (κ2) is 8.13. The number of hydrogen-bond donors (Lipinski definition) is 0. The lowest BCUT2D eigenvalue weighted by Crippen LogP contribution is -2.32. The topological polar surface area (TPSA) is 55.4 Å². The highest BCUT2D eigenvalue weighted by molar-refractivity contribution is 6.01. The van der Waals surface area contributed by atoms with Crippen LogP contribution in [0.4, 0.5) is 4.39 Å². The fourth-order valence-corrected chi connectivity index (χ4v) is 4.52. The number of fused-ring (bicyclic) bond motifs is 2. The first-order valence-corrected chi connectivity index (χ1v) is 11.0. The Bertz CT molecular complexity index is 1250. The van der Waals surface area contributed by atoms with E-state index in [1.165, 1.54) is 37.9 Å². The molecule has 7 heteroatoms. The minimum atomic E-state index is -0.330. The predicted molar refractivity (Wildman–Crippen MR) is 118 cm³/mol. The van der Waals surface area contributed by atoms with Crippen molar-refractivity contribution in [2.24, 2.45) is 7.05 Å². The van der Waals surface area contributed by atoms with Gasteiger partial charge in [0, 0.05) is 37.3 Å². The van der Waals surface area contributed by atoms with E-state index in [2.05, 4.69) is 10.1 Å². The molecule has 0 unspecified atom stereocenters. The van der Waals surface area contributed by atoms with Crippen molar-refractivity contribution >= 4 is 22.5 Å². The molecular formula is C24H26FN5O. The normalized spacial score (nSPS) is 15.7. The van der Waals surface area contributed by atoms with Crippen LogP contribution in [-0.4, -0.2) is 43.1 Å². The molecular weight excluding hydrogens is 393 g/mol. The number of amides is 1. The largest absolute Gasteiger partial charge is 0.339 e. The van der Waals surface area contributed by atoms with Gasteiger partial charge >= 0.3 is 0 Å². The SMILES string of the molecule is Cn1nc(-c2cnc3ccc(F)cn23)c2ccc(C(=O)N3CCCCCCCC3)cc21. The fraction of sp³-hybridized carbons (Fsp3) is 0.375. The van der Waals surface area contributed by atoms with Gasteiger partial charge in [-0.25, -0.2) is 9.37 Å². The number of aryl methyl sites for hydroxylation is 1. The van der Waals surface area contributed by atoms with Crippen molar-refractivity contribution in [2.75, 3.05) is 13.1 Å². The van der Waals surface area contributed by atoms with Gasteiger partial charge in [0.15, 0.2) is 0 Å². The number of halogens is 1. The predicted octanol–water partition coefficient (Wildman–Crippen LogP) is 4.82. The smallest absolute Gasteiger partial charge is 0.253 e. The standard InChI is InChI=1S/C24H26FN5O/c1-28-20-14-17(24(31)29-12-6-4-2-3-5-7-13-29)8-10-19(20)23(27-28)21-15-26-22-11-9-18(25)16-30(21)22/h8-11,14-16H,2-7,12-13H2,1H3. The molecule has 0 radical (unpaired) electrons. The zero-order chi connectivity index (χ0) is 21.4. The lowest BCUT2D eigenvalue weighted by Gasteiger charge is -2.22. The number of aromatic nitrogens is 4. The quantitative estimate of drug-likeness (QED) is 0.468. The zero-order valence-corrected chi connectivity index (χ0v) is 17.7. The van der Waals surface area contributed by atoms with Crippen LogP contribution in [-0.2, 0) is 7.05 Å². The monoisotopic (exact) mass is 419 g/mol. The summed E-state index contributed by atoms with van der Waals surface area (Å²) >= 11 is 0. The van der Waals surface area contributed by atoms with Crippen LogP contribution in [0.5, 0.6) is 0 Å². The van der Waals surface area contributed by atoms with Gasteiger partial charge in [0.05, 0.1) is 17.4 Å². The number of hydrogen-bond acceptors (Lipinski definition) is 3. The van der Waals surface area contributed by atoms with Gasteiger partial charge in [0.2, 0.25) is 0 Å². The second-order valence-electron chi connectivity index (χ2n) is 8.34. The molecule has 6 nitrogen and oxygen atoms in total. The zero-order valence-electron chi connectivity index (χ0n) is 17.7. The fourth-order valence-electron chi connectivity index (χ4n) is 4.52. The highest BCUT2D eigenvalue weighted by Crippen LogP contribution is 2.29. The van der Waals surface area contributed by atoms with E-state index in [-0.39, 0.29) is 11.7 Å². The number of carbonyl (C=O) groups excluding carboxylic acids is 1. The van der Waals surface area contributed by atoms with Gasteiger partial charge in [-0.05, 0) is 43.2 Å². The van der Waals surface area contributed by atoms with Crippen LogP contribution in [0.15, 0.2) is 42.7 Å². The average Bonchev–Trinajstić information content (AvgIpc) is 3.36. The van der Waals surface area contributed by atoms with E-state index in [1.807, 2.05) is 30.1 Å². The molecule has 0 atom stereocenters. The molecule has 1 aliphatic heterocycles. The molecule has 1 amide bonds. The van der Waals surface area contributed by atoms with Crippen molar-refractivity contribution < 1.29 is 9.18 Å². The van der Waals surface area contributed by atoms with Crippen molar-refractivity contribution in [3.05, 3.63) is 54.1 Å². The van der Waals surface area contributed by atoms with Gasteiger partial charge < -0.3 is 4.90 Å². The molecule has 5 rings (SSSR count). The molecule has 0 saturated carbocycles. The average molecular weight is 420 g/mol. The van der Waals surface area contributed by atoms with E-state index in [4.69, 9.17) is 0 Å². The van der Waals surface area contributed by atoms with Crippen LogP contribution in [0.3, 0.4) is 0 Å². The molecule has 3 aromatic heterocycles. The van der Waals surface area contributed by atoms with E-state index >= 15 is 0 Å². The molecule has 0 N–H and O–H groups in total. The number of carbonyl (C=O) groups is 1. The highest BCUT2D eigenvalue weighted by Gasteiger charge is 2.20. The Morgan fingerprint density at radius 1 is 1.00 bits per heavy atom. The van der Waals surface area contributed by atoms with Gasteiger partial charge in [-0.3, -0.25) is 13.9 Å². The van der Waals surface area contributed by atoms with Crippen LogP contribution in [0, 0.1) is 5.82 Å². The van der Waals surface area contributed by atoms with Gasteiger partial charge in [0.25, 0.3) is 5.91 Å². The summed E-state index contributed by atoms with van der Waals surface area (Å²) in [7, 11) is 1.87. The first-order chi connectivity index (χ1) is 15.1. The number of rotatable bonds is 2. The third-order valence-corrected chi connectivity index (χ3v) is 6.20. The van der Waals surface area contributed by atoms with E-state index in [9.17, 15) is 9.18 Å². The molecule has 31 heavy (non-hydrogen) atoms. The van der Waals surface area contributed by atoms with Gasteiger partial charge in [0.1, 0.15) is 17.2 Å². The minimum absolute atomic E-state index is 0.0865. The molecule has 4 aromatic rings. The summed E-state index contributed by atoms with van der Waals surface area (Å²) in [6.07, 6.45) is 10.2. The summed E-state index contributed by atoms with van der Waals surface area (Å²) in [6, 6.07) is 8.79. The molecule has 4 heterocycles. The Hall–Kier alpha value is -3.22. The summed E-state index contributed by atoms with van der Waals surface area (Å²) < 4.78 is 17.3.